The van der Waals surface area contributed by atoms with E-state index >= 15 is 0 Å². The molecule has 0 spiro atoms. The van der Waals surface area contributed by atoms with Crippen LogP contribution in [0.4, 0.5) is 0 Å². The van der Waals surface area contributed by atoms with Crippen LogP contribution in [0, 0.1) is 5.92 Å². The summed E-state index contributed by atoms with van der Waals surface area (Å²) in [5, 5.41) is 3.91. The van der Waals surface area contributed by atoms with Crippen molar-refractivity contribution in [2.75, 3.05) is 0 Å². The van der Waals surface area contributed by atoms with Crippen LogP contribution in [-0.4, -0.2) is 6.34 Å². The maximum Gasteiger partial charge on any atom is 0.115 e. The lowest BCUT2D eigenvalue weighted by molar-refractivity contribution is 0.366. The molecule has 0 aromatic heterocycles. The zero-order valence-electron chi connectivity index (χ0n) is 5.25. The summed E-state index contributed by atoms with van der Waals surface area (Å²) < 4.78 is 0. The molecule has 1 radical (unpaired) electrons. The molecule has 2 nitrogen and oxygen atoms in total. The third kappa shape index (κ3) is 0.745. The van der Waals surface area contributed by atoms with Crippen molar-refractivity contribution in [3.8, 4) is 0 Å². The van der Waals surface area contributed by atoms with Gasteiger partial charge in [0.2, 0.25) is 0 Å². The molecule has 1 aliphatic carbocycles. The molecular weight excluding hydrogens is 112 g/mol. The SMILES string of the molecule is C1=NC(C2CCC2)=C[N]1. The van der Waals surface area contributed by atoms with E-state index in [0.29, 0.717) is 0 Å². The average molecular weight is 121 g/mol. The maximum absolute atomic E-state index is 4.13. The van der Waals surface area contributed by atoms with Crippen molar-refractivity contribution in [3.05, 3.63) is 11.9 Å². The predicted molar refractivity (Wildman–Crippen MR) is 36.0 cm³/mol. The number of hydrogen-bond donors (Lipinski definition) is 0. The van der Waals surface area contributed by atoms with Crippen molar-refractivity contribution >= 4 is 6.34 Å². The molecular formula is C7H9N2. The van der Waals surface area contributed by atoms with E-state index in [9.17, 15) is 0 Å². The second kappa shape index (κ2) is 1.87. The first-order valence-corrected chi connectivity index (χ1v) is 3.39. The van der Waals surface area contributed by atoms with E-state index in [-0.39, 0.29) is 0 Å². The lowest BCUT2D eigenvalue weighted by Crippen LogP contribution is -2.11. The summed E-state index contributed by atoms with van der Waals surface area (Å²) in [6.45, 7) is 0. The van der Waals surface area contributed by atoms with Gasteiger partial charge in [0.25, 0.3) is 0 Å². The van der Waals surface area contributed by atoms with Gasteiger partial charge in [0.15, 0.2) is 0 Å². The molecule has 9 heavy (non-hydrogen) atoms. The number of aliphatic imine (C=N–C) groups is 1. The summed E-state index contributed by atoms with van der Waals surface area (Å²) in [6.07, 6.45) is 7.52. The second-order valence-corrected chi connectivity index (χ2v) is 2.58. The Balaban J connectivity index is 2.03. The van der Waals surface area contributed by atoms with Crippen molar-refractivity contribution in [1.29, 1.82) is 0 Å². The molecule has 2 rings (SSSR count). The highest BCUT2D eigenvalue weighted by molar-refractivity contribution is 5.61. The third-order valence-corrected chi connectivity index (χ3v) is 2.00. The fourth-order valence-corrected chi connectivity index (χ4v) is 1.16. The van der Waals surface area contributed by atoms with Gasteiger partial charge in [-0.3, -0.25) is 0 Å². The molecule has 2 heteroatoms. The van der Waals surface area contributed by atoms with E-state index in [1.165, 1.54) is 25.0 Å². The minimum Gasteiger partial charge on any atom is -0.243 e. The van der Waals surface area contributed by atoms with Gasteiger partial charge in [0.05, 0.1) is 11.9 Å². The lowest BCUT2D eigenvalue weighted by Gasteiger charge is -2.23. The molecule has 47 valence electrons. The molecule has 1 fully saturated rings. The Morgan fingerprint density at radius 3 is 2.78 bits per heavy atom. The highest BCUT2D eigenvalue weighted by Gasteiger charge is 2.22. The van der Waals surface area contributed by atoms with Gasteiger partial charge in [-0.05, 0) is 12.8 Å². The van der Waals surface area contributed by atoms with Gasteiger partial charge in [0.1, 0.15) is 6.34 Å². The Labute approximate surface area is 54.7 Å². The van der Waals surface area contributed by atoms with Crippen LogP contribution in [0.25, 0.3) is 0 Å². The maximum atomic E-state index is 4.13. The van der Waals surface area contributed by atoms with E-state index in [0.717, 1.165) is 5.92 Å². The van der Waals surface area contributed by atoms with Gasteiger partial charge in [0, 0.05) is 5.92 Å². The minimum absolute atomic E-state index is 0.743. The first kappa shape index (κ1) is 5.03. The molecule has 1 saturated carbocycles. The fourth-order valence-electron chi connectivity index (χ4n) is 1.16. The first-order chi connectivity index (χ1) is 4.47. The monoisotopic (exact) mass is 121 g/mol. The van der Waals surface area contributed by atoms with E-state index in [2.05, 4.69) is 10.3 Å². The minimum atomic E-state index is 0.743. The second-order valence-electron chi connectivity index (χ2n) is 2.58. The number of hydrogen-bond acceptors (Lipinski definition) is 1. The van der Waals surface area contributed by atoms with Gasteiger partial charge >= 0.3 is 0 Å². The highest BCUT2D eigenvalue weighted by atomic mass is 15.0. The predicted octanol–water partition coefficient (Wildman–Crippen LogP) is 1.27. The Kier molecular flexibility index (Phi) is 1.04. The van der Waals surface area contributed by atoms with Crippen molar-refractivity contribution < 1.29 is 0 Å². The normalized spacial score (nSPS) is 25.1. The van der Waals surface area contributed by atoms with Crippen LogP contribution in [0.5, 0.6) is 0 Å². The standard InChI is InChI=1S/C7H9N2/c1-2-6(3-1)7-4-8-5-9-7/h4-6H,1-3H2. The van der Waals surface area contributed by atoms with Crippen LogP contribution in [0.2, 0.25) is 0 Å². The largest absolute Gasteiger partial charge is 0.243 e. The quantitative estimate of drug-likeness (QED) is 0.499. The molecule has 0 bridgehead atoms. The van der Waals surface area contributed by atoms with Crippen LogP contribution >= 0.6 is 0 Å². The first-order valence-electron chi connectivity index (χ1n) is 3.39. The van der Waals surface area contributed by atoms with Gasteiger partial charge in [-0.2, -0.15) is 0 Å². The van der Waals surface area contributed by atoms with E-state index in [4.69, 9.17) is 0 Å². The summed E-state index contributed by atoms with van der Waals surface area (Å²) >= 11 is 0. The van der Waals surface area contributed by atoms with E-state index in [1.54, 1.807) is 6.34 Å². The summed E-state index contributed by atoms with van der Waals surface area (Å²) in [6, 6.07) is 0. The lowest BCUT2D eigenvalue weighted by atomic mass is 9.83. The van der Waals surface area contributed by atoms with Gasteiger partial charge in [-0.25, -0.2) is 10.3 Å². The Hall–Kier alpha value is -0.790. The zero-order valence-corrected chi connectivity index (χ0v) is 5.25. The van der Waals surface area contributed by atoms with Crippen molar-refractivity contribution in [3.63, 3.8) is 0 Å². The number of rotatable bonds is 1. The van der Waals surface area contributed by atoms with Crippen molar-refractivity contribution in [2.24, 2.45) is 10.9 Å². The topological polar surface area (TPSA) is 26.5 Å². The summed E-state index contributed by atoms with van der Waals surface area (Å²) in [4.78, 5) is 4.13. The molecule has 1 heterocycles. The zero-order chi connectivity index (χ0) is 6.10. The average Bonchev–Trinajstić information content (AvgIpc) is 2.11. The fraction of sp³-hybridized carbons (Fsp3) is 0.571. The van der Waals surface area contributed by atoms with E-state index in [1.807, 2.05) is 6.20 Å². The Morgan fingerprint density at radius 2 is 2.33 bits per heavy atom. The molecule has 0 amide bonds. The van der Waals surface area contributed by atoms with Crippen LogP contribution in [0.1, 0.15) is 19.3 Å². The summed E-state index contributed by atoms with van der Waals surface area (Å²) in [5.41, 5.74) is 1.20. The highest BCUT2D eigenvalue weighted by Crippen LogP contribution is 2.33. The van der Waals surface area contributed by atoms with Crippen molar-refractivity contribution in [2.45, 2.75) is 19.3 Å². The summed E-state index contributed by atoms with van der Waals surface area (Å²) in [5.74, 6) is 0.743. The Bertz CT molecular complexity index is 166. The molecule has 2 aliphatic rings. The number of allylic oxidation sites excluding steroid dienone is 1. The molecule has 0 N–H and O–H groups in total. The van der Waals surface area contributed by atoms with Gasteiger partial charge < -0.3 is 0 Å². The van der Waals surface area contributed by atoms with Crippen LogP contribution < -0.4 is 5.32 Å². The van der Waals surface area contributed by atoms with Crippen LogP contribution in [0.3, 0.4) is 0 Å². The van der Waals surface area contributed by atoms with Crippen LogP contribution in [0.15, 0.2) is 16.9 Å². The Morgan fingerprint density at radius 1 is 1.44 bits per heavy atom. The van der Waals surface area contributed by atoms with E-state index < -0.39 is 0 Å². The molecule has 0 aromatic rings. The van der Waals surface area contributed by atoms with Crippen LogP contribution in [-0.2, 0) is 0 Å². The molecule has 0 atom stereocenters. The molecule has 0 saturated heterocycles. The molecule has 0 aromatic carbocycles. The van der Waals surface area contributed by atoms with Crippen molar-refractivity contribution in [1.82, 2.24) is 5.32 Å². The molecule has 1 aliphatic heterocycles. The summed E-state index contributed by atoms with van der Waals surface area (Å²) in [7, 11) is 0. The number of nitrogens with zero attached hydrogens (tertiary/aromatic N) is 2. The van der Waals surface area contributed by atoms with Gasteiger partial charge in [-0.1, -0.05) is 6.42 Å². The molecule has 0 unspecified atom stereocenters. The third-order valence-electron chi connectivity index (χ3n) is 2.00. The smallest absolute Gasteiger partial charge is 0.115 e. The van der Waals surface area contributed by atoms with Gasteiger partial charge in [-0.15, -0.1) is 0 Å².